The largest absolute Gasteiger partial charge is 0.504 e. The zero-order valence-corrected chi connectivity index (χ0v) is 15.0. The van der Waals surface area contributed by atoms with E-state index in [1.165, 1.54) is 24.3 Å². The van der Waals surface area contributed by atoms with E-state index in [4.69, 9.17) is 4.74 Å². The molecule has 0 radical (unpaired) electrons. The molecule has 0 spiro atoms. The highest BCUT2D eigenvalue weighted by Gasteiger charge is 2.50. The Balaban J connectivity index is 1.64. The number of aliphatic hydroxyl groups excluding tert-OH is 2. The number of carbonyl (C=O) groups excluding carboxylic acids is 2. The summed E-state index contributed by atoms with van der Waals surface area (Å²) in [6, 6.07) is 3.95. The average Bonchev–Trinajstić information content (AvgIpc) is 3.44. The molecule has 6 N–H and O–H groups in total. The zero-order valence-electron chi connectivity index (χ0n) is 15.0. The van der Waals surface area contributed by atoms with Gasteiger partial charge in [0.1, 0.15) is 17.8 Å². The van der Waals surface area contributed by atoms with Crippen molar-refractivity contribution >= 4 is 18.0 Å². The Hall–Kier alpha value is -2.62. The summed E-state index contributed by atoms with van der Waals surface area (Å²) in [6.45, 7) is 0. The number of esters is 1. The highest BCUT2D eigenvalue weighted by Crippen LogP contribution is 2.33. The molecule has 2 aliphatic carbocycles. The number of phenolic OH excluding ortho intramolecular Hbond substituents is 2. The van der Waals surface area contributed by atoms with E-state index in [0.29, 0.717) is 5.56 Å². The van der Waals surface area contributed by atoms with Gasteiger partial charge in [0, 0.05) is 25.0 Å². The Labute approximate surface area is 160 Å². The minimum absolute atomic E-state index is 0.00572. The van der Waals surface area contributed by atoms with E-state index in [0.717, 1.165) is 18.9 Å². The van der Waals surface area contributed by atoms with Crippen LogP contribution in [0.1, 0.15) is 31.2 Å². The number of rotatable bonds is 5. The van der Waals surface area contributed by atoms with Gasteiger partial charge in [0.05, 0.1) is 6.10 Å². The van der Waals surface area contributed by atoms with Crippen LogP contribution in [0.3, 0.4) is 0 Å². The monoisotopic (exact) mass is 393 g/mol. The molecule has 1 aromatic rings. The van der Waals surface area contributed by atoms with Gasteiger partial charge >= 0.3 is 5.97 Å². The van der Waals surface area contributed by atoms with Gasteiger partial charge in [-0.15, -0.1) is 0 Å². The SMILES string of the molecule is O=C(/C=C/c1ccc(O)c(O)c1)O[C@@H]1C[C@@](O)(C(=O)NC2CC2)CC(O)[C@@H]1O. The maximum absolute atomic E-state index is 12.3. The third-order valence-electron chi connectivity index (χ3n) is 4.87. The molecule has 152 valence electrons. The molecule has 1 aromatic carbocycles. The Morgan fingerprint density at radius 3 is 2.50 bits per heavy atom. The van der Waals surface area contributed by atoms with Crippen LogP contribution < -0.4 is 5.32 Å². The van der Waals surface area contributed by atoms with Crippen LogP contribution in [0.4, 0.5) is 0 Å². The van der Waals surface area contributed by atoms with Gasteiger partial charge in [-0.3, -0.25) is 4.79 Å². The number of phenols is 2. The van der Waals surface area contributed by atoms with Crippen molar-refractivity contribution in [3.05, 3.63) is 29.8 Å². The van der Waals surface area contributed by atoms with Crippen LogP contribution in [0.2, 0.25) is 0 Å². The van der Waals surface area contributed by atoms with Gasteiger partial charge in [0.2, 0.25) is 0 Å². The molecule has 1 unspecified atom stereocenters. The number of hydrogen-bond acceptors (Lipinski definition) is 8. The lowest BCUT2D eigenvalue weighted by atomic mass is 9.79. The van der Waals surface area contributed by atoms with Crippen LogP contribution in [0.5, 0.6) is 11.5 Å². The second-order valence-corrected chi connectivity index (χ2v) is 7.30. The van der Waals surface area contributed by atoms with Crippen LogP contribution in [-0.4, -0.2) is 67.4 Å². The molecule has 3 rings (SSSR count). The van der Waals surface area contributed by atoms with Gasteiger partial charge in [-0.05, 0) is 36.6 Å². The van der Waals surface area contributed by atoms with Crippen LogP contribution in [0.15, 0.2) is 24.3 Å². The fourth-order valence-electron chi connectivity index (χ4n) is 3.09. The standard InChI is InChI=1S/C19H23NO8/c21-12-5-1-10(7-13(12)22)2-6-16(24)28-15-9-19(27,8-14(23)17(15)25)18(26)20-11-3-4-11/h1-2,5-7,11,14-15,17,21-23,25,27H,3-4,8-9H2,(H,20,26)/b6-2+/t14?,15-,17+,19-/m1/s1. The van der Waals surface area contributed by atoms with Crippen molar-refractivity contribution in [3.8, 4) is 11.5 Å². The van der Waals surface area contributed by atoms with Crippen molar-refractivity contribution in [2.24, 2.45) is 0 Å². The summed E-state index contributed by atoms with van der Waals surface area (Å²) in [6.07, 6.45) is -0.853. The molecular weight excluding hydrogens is 370 g/mol. The number of carbonyl (C=O) groups is 2. The molecule has 0 aromatic heterocycles. The maximum atomic E-state index is 12.3. The smallest absolute Gasteiger partial charge is 0.331 e. The lowest BCUT2D eigenvalue weighted by molar-refractivity contribution is -0.187. The molecule has 2 saturated carbocycles. The molecule has 1 amide bonds. The highest BCUT2D eigenvalue weighted by molar-refractivity contribution is 5.88. The molecule has 28 heavy (non-hydrogen) atoms. The second kappa shape index (κ2) is 7.78. The topological polar surface area (TPSA) is 157 Å². The van der Waals surface area contributed by atoms with Crippen molar-refractivity contribution in [3.63, 3.8) is 0 Å². The van der Waals surface area contributed by atoms with E-state index in [-0.39, 0.29) is 30.4 Å². The van der Waals surface area contributed by atoms with Crippen LogP contribution >= 0.6 is 0 Å². The molecule has 9 heteroatoms. The van der Waals surface area contributed by atoms with Crippen molar-refractivity contribution in [2.45, 2.75) is 55.6 Å². The van der Waals surface area contributed by atoms with E-state index < -0.39 is 35.8 Å². The summed E-state index contributed by atoms with van der Waals surface area (Å²) in [5.74, 6) is -2.18. The van der Waals surface area contributed by atoms with E-state index in [9.17, 15) is 35.1 Å². The molecule has 4 atom stereocenters. The summed E-state index contributed by atoms with van der Waals surface area (Å²) in [5.41, 5.74) is -1.53. The summed E-state index contributed by atoms with van der Waals surface area (Å²) in [4.78, 5) is 24.3. The number of aliphatic hydroxyl groups is 3. The van der Waals surface area contributed by atoms with Crippen LogP contribution in [0, 0.1) is 0 Å². The number of amides is 1. The number of ether oxygens (including phenoxy) is 1. The number of hydrogen-bond donors (Lipinski definition) is 6. The predicted molar refractivity (Wildman–Crippen MR) is 96.0 cm³/mol. The van der Waals surface area contributed by atoms with E-state index in [1.807, 2.05) is 0 Å². The molecule has 0 bridgehead atoms. The van der Waals surface area contributed by atoms with Gasteiger partial charge < -0.3 is 35.6 Å². The zero-order chi connectivity index (χ0) is 20.5. The van der Waals surface area contributed by atoms with Crippen molar-refractivity contribution < 1.29 is 39.9 Å². The van der Waals surface area contributed by atoms with Crippen molar-refractivity contribution in [2.75, 3.05) is 0 Å². The first-order valence-electron chi connectivity index (χ1n) is 8.98. The summed E-state index contributed by atoms with van der Waals surface area (Å²) in [7, 11) is 0. The summed E-state index contributed by atoms with van der Waals surface area (Å²) >= 11 is 0. The van der Waals surface area contributed by atoms with Gasteiger partial charge in [-0.25, -0.2) is 4.79 Å². The molecule has 2 fully saturated rings. The fraction of sp³-hybridized carbons (Fsp3) is 0.474. The fourth-order valence-corrected chi connectivity index (χ4v) is 3.09. The second-order valence-electron chi connectivity index (χ2n) is 7.30. The lowest BCUT2D eigenvalue weighted by Gasteiger charge is -2.40. The highest BCUT2D eigenvalue weighted by atomic mass is 16.6. The van der Waals surface area contributed by atoms with Crippen LogP contribution in [-0.2, 0) is 14.3 Å². The van der Waals surface area contributed by atoms with Gasteiger partial charge in [-0.1, -0.05) is 6.07 Å². The normalized spacial score (nSPS) is 30.2. The lowest BCUT2D eigenvalue weighted by Crippen LogP contribution is -2.60. The molecule has 0 heterocycles. The van der Waals surface area contributed by atoms with Crippen molar-refractivity contribution in [1.29, 1.82) is 0 Å². The third-order valence-corrected chi connectivity index (χ3v) is 4.87. The Kier molecular flexibility index (Phi) is 5.59. The summed E-state index contributed by atoms with van der Waals surface area (Å²) < 4.78 is 5.13. The van der Waals surface area contributed by atoms with E-state index in [2.05, 4.69) is 5.32 Å². The quantitative estimate of drug-likeness (QED) is 0.223. The molecule has 2 aliphatic rings. The van der Waals surface area contributed by atoms with Gasteiger partial charge in [-0.2, -0.15) is 0 Å². The molecule has 0 aliphatic heterocycles. The minimum Gasteiger partial charge on any atom is -0.504 e. The van der Waals surface area contributed by atoms with E-state index >= 15 is 0 Å². The molecule has 9 nitrogen and oxygen atoms in total. The first-order chi connectivity index (χ1) is 13.2. The minimum atomic E-state index is -1.95. The average molecular weight is 393 g/mol. The predicted octanol–water partition coefficient (Wildman–Crippen LogP) is -0.452. The Morgan fingerprint density at radius 2 is 1.86 bits per heavy atom. The Morgan fingerprint density at radius 1 is 1.14 bits per heavy atom. The molecular formula is C19H23NO8. The van der Waals surface area contributed by atoms with Crippen LogP contribution in [0.25, 0.3) is 6.08 Å². The number of aromatic hydroxyl groups is 2. The first-order valence-corrected chi connectivity index (χ1v) is 8.98. The first kappa shape index (κ1) is 20.1. The van der Waals surface area contributed by atoms with E-state index in [1.54, 1.807) is 0 Å². The number of benzene rings is 1. The van der Waals surface area contributed by atoms with Crippen molar-refractivity contribution in [1.82, 2.24) is 5.32 Å². The maximum Gasteiger partial charge on any atom is 0.331 e. The number of nitrogens with one attached hydrogen (secondary N) is 1. The Bertz CT molecular complexity index is 790. The van der Waals surface area contributed by atoms with Gasteiger partial charge in [0.15, 0.2) is 11.5 Å². The van der Waals surface area contributed by atoms with Gasteiger partial charge in [0.25, 0.3) is 5.91 Å². The molecule has 0 saturated heterocycles. The summed E-state index contributed by atoms with van der Waals surface area (Å²) in [5, 5.41) is 52.1. The third kappa shape index (κ3) is 4.61.